The number of nitrogens with zero attached hydrogens (tertiary/aromatic N) is 1. The van der Waals surface area contributed by atoms with Crippen molar-refractivity contribution < 1.29 is 14.3 Å². The second kappa shape index (κ2) is 8.93. The van der Waals surface area contributed by atoms with Crippen LogP contribution in [0.15, 0.2) is 78.9 Å². The first-order valence-corrected chi connectivity index (χ1v) is 10.0. The van der Waals surface area contributed by atoms with Gasteiger partial charge in [0.1, 0.15) is 11.9 Å². The first-order chi connectivity index (χ1) is 14.2. The third-order valence-electron chi connectivity index (χ3n) is 5.18. The first-order valence-electron chi connectivity index (χ1n) is 10.0. The number of morpholine rings is 1. The Balaban J connectivity index is 1.69. The van der Waals surface area contributed by atoms with Crippen LogP contribution in [0.1, 0.15) is 28.9 Å². The van der Waals surface area contributed by atoms with Crippen LogP contribution in [0.4, 0.5) is 0 Å². The van der Waals surface area contributed by atoms with Gasteiger partial charge in [0.25, 0.3) is 5.91 Å². The lowest BCUT2D eigenvalue weighted by atomic mass is 9.94. The zero-order valence-corrected chi connectivity index (χ0v) is 16.6. The fourth-order valence-corrected chi connectivity index (χ4v) is 3.63. The number of rotatable bonds is 5. The van der Waals surface area contributed by atoms with Crippen molar-refractivity contribution in [1.82, 2.24) is 4.90 Å². The van der Waals surface area contributed by atoms with E-state index in [9.17, 15) is 4.79 Å². The molecule has 1 atom stereocenters. The Morgan fingerprint density at radius 1 is 0.931 bits per heavy atom. The normalized spacial score (nSPS) is 15.0. The van der Waals surface area contributed by atoms with E-state index < -0.39 is 0 Å². The van der Waals surface area contributed by atoms with Crippen LogP contribution in [-0.4, -0.2) is 37.1 Å². The topological polar surface area (TPSA) is 38.8 Å². The molecule has 1 saturated heterocycles. The van der Waals surface area contributed by atoms with Gasteiger partial charge in [-0.2, -0.15) is 0 Å². The van der Waals surface area contributed by atoms with Crippen molar-refractivity contribution in [3.8, 4) is 16.9 Å². The van der Waals surface area contributed by atoms with Crippen molar-refractivity contribution in [3.63, 3.8) is 0 Å². The van der Waals surface area contributed by atoms with Crippen LogP contribution in [-0.2, 0) is 4.74 Å². The lowest BCUT2D eigenvalue weighted by molar-refractivity contribution is 0.0303. The molecule has 0 spiro atoms. The summed E-state index contributed by atoms with van der Waals surface area (Å²) in [4.78, 5) is 14.9. The Kier molecular flexibility index (Phi) is 5.92. The third-order valence-corrected chi connectivity index (χ3v) is 5.18. The average molecular weight is 387 g/mol. The van der Waals surface area contributed by atoms with Crippen LogP contribution in [0.2, 0.25) is 0 Å². The van der Waals surface area contributed by atoms with E-state index in [0.29, 0.717) is 31.9 Å². The van der Waals surface area contributed by atoms with Crippen LogP contribution in [0, 0.1) is 0 Å². The lowest BCUT2D eigenvalue weighted by Crippen LogP contribution is -2.40. The molecule has 0 radical (unpaired) electrons. The molecular weight excluding hydrogens is 362 g/mol. The second-order valence-corrected chi connectivity index (χ2v) is 7.15. The molecule has 4 nitrogen and oxygen atoms in total. The van der Waals surface area contributed by atoms with E-state index in [1.807, 2.05) is 78.6 Å². The molecule has 0 bridgehead atoms. The maximum Gasteiger partial charge on any atom is 0.254 e. The fourth-order valence-electron chi connectivity index (χ4n) is 3.63. The van der Waals surface area contributed by atoms with Crippen molar-refractivity contribution in [3.05, 3.63) is 90.0 Å². The van der Waals surface area contributed by atoms with Crippen molar-refractivity contribution in [1.29, 1.82) is 0 Å². The molecule has 1 aliphatic heterocycles. The lowest BCUT2D eigenvalue weighted by Gasteiger charge is -2.27. The minimum atomic E-state index is -0.204. The molecule has 4 rings (SSSR count). The molecule has 0 aromatic heterocycles. The smallest absolute Gasteiger partial charge is 0.254 e. The molecule has 1 fully saturated rings. The number of hydrogen-bond donors (Lipinski definition) is 0. The van der Waals surface area contributed by atoms with Gasteiger partial charge in [-0.25, -0.2) is 0 Å². The molecule has 29 heavy (non-hydrogen) atoms. The number of carbonyl (C=O) groups is 1. The fraction of sp³-hybridized carbons (Fsp3) is 0.240. The van der Waals surface area contributed by atoms with E-state index in [0.717, 1.165) is 22.4 Å². The number of hydrogen-bond acceptors (Lipinski definition) is 3. The highest BCUT2D eigenvalue weighted by molar-refractivity contribution is 5.95. The van der Waals surface area contributed by atoms with Crippen LogP contribution < -0.4 is 4.74 Å². The molecule has 148 valence electrons. The van der Waals surface area contributed by atoms with E-state index in [4.69, 9.17) is 9.47 Å². The van der Waals surface area contributed by atoms with Crippen LogP contribution >= 0.6 is 0 Å². The first kappa shape index (κ1) is 19.2. The monoisotopic (exact) mass is 387 g/mol. The Bertz CT molecular complexity index is 950. The summed E-state index contributed by atoms with van der Waals surface area (Å²) in [5.41, 5.74) is 3.87. The van der Waals surface area contributed by atoms with Gasteiger partial charge in [-0.05, 0) is 42.3 Å². The summed E-state index contributed by atoms with van der Waals surface area (Å²) in [7, 11) is 0. The molecular formula is C25H25NO3. The summed E-state index contributed by atoms with van der Waals surface area (Å²) in [6.45, 7) is 4.47. The summed E-state index contributed by atoms with van der Waals surface area (Å²) in [5, 5.41) is 0. The number of carbonyl (C=O) groups excluding carboxylic acids is 1. The maximum absolute atomic E-state index is 13.0. The Hall–Kier alpha value is -3.11. The summed E-state index contributed by atoms with van der Waals surface area (Å²) < 4.78 is 11.6. The van der Waals surface area contributed by atoms with Gasteiger partial charge in [0.05, 0.1) is 13.2 Å². The van der Waals surface area contributed by atoms with Crippen LogP contribution in [0.5, 0.6) is 5.75 Å². The minimum absolute atomic E-state index is 0.0427. The van der Waals surface area contributed by atoms with E-state index in [-0.39, 0.29) is 12.0 Å². The molecule has 4 heteroatoms. The van der Waals surface area contributed by atoms with Crippen molar-refractivity contribution >= 4 is 5.91 Å². The van der Waals surface area contributed by atoms with E-state index in [1.165, 1.54) is 0 Å². The van der Waals surface area contributed by atoms with Gasteiger partial charge >= 0.3 is 0 Å². The number of amides is 1. The molecule has 0 N–H and O–H groups in total. The highest BCUT2D eigenvalue weighted by Gasteiger charge is 2.21. The van der Waals surface area contributed by atoms with Gasteiger partial charge in [0.15, 0.2) is 0 Å². The van der Waals surface area contributed by atoms with Gasteiger partial charge in [0, 0.05) is 24.2 Å². The highest BCUT2D eigenvalue weighted by Crippen LogP contribution is 2.32. The Morgan fingerprint density at radius 3 is 2.28 bits per heavy atom. The van der Waals surface area contributed by atoms with Crippen molar-refractivity contribution in [2.45, 2.75) is 13.0 Å². The maximum atomic E-state index is 13.0. The van der Waals surface area contributed by atoms with Gasteiger partial charge in [-0.15, -0.1) is 0 Å². The molecule has 0 aliphatic carbocycles. The van der Waals surface area contributed by atoms with Gasteiger partial charge < -0.3 is 14.4 Å². The molecule has 1 aliphatic rings. The zero-order chi connectivity index (χ0) is 20.1. The summed E-state index contributed by atoms with van der Waals surface area (Å²) in [6.07, 6.45) is -0.204. The second-order valence-electron chi connectivity index (χ2n) is 7.15. The van der Waals surface area contributed by atoms with Crippen LogP contribution in [0.25, 0.3) is 11.1 Å². The van der Waals surface area contributed by atoms with E-state index in [2.05, 4.69) is 12.1 Å². The molecule has 3 aromatic carbocycles. The predicted molar refractivity (Wildman–Crippen MR) is 114 cm³/mol. The summed E-state index contributed by atoms with van der Waals surface area (Å²) in [6, 6.07) is 25.9. The number of ether oxygens (including phenoxy) is 2. The predicted octanol–water partition coefficient (Wildman–Crippen LogP) is 4.97. The molecule has 1 amide bonds. The number of benzene rings is 3. The van der Waals surface area contributed by atoms with Crippen molar-refractivity contribution in [2.75, 3.05) is 26.3 Å². The molecule has 3 aromatic rings. The standard InChI is InChI=1S/C25H25NO3/c1-19(29-22-10-6-3-7-11-22)24-18-21(25(27)26-14-16-28-17-15-26)12-13-23(24)20-8-4-2-5-9-20/h2-13,18-19H,14-17H2,1H3. The van der Waals surface area contributed by atoms with Gasteiger partial charge in [-0.1, -0.05) is 54.6 Å². The van der Waals surface area contributed by atoms with Gasteiger partial charge in [0.2, 0.25) is 0 Å². The molecule has 1 heterocycles. The van der Waals surface area contributed by atoms with Crippen LogP contribution in [0.3, 0.4) is 0 Å². The Morgan fingerprint density at radius 2 is 1.59 bits per heavy atom. The van der Waals surface area contributed by atoms with E-state index in [1.54, 1.807) is 0 Å². The van der Waals surface area contributed by atoms with E-state index >= 15 is 0 Å². The summed E-state index contributed by atoms with van der Waals surface area (Å²) >= 11 is 0. The largest absolute Gasteiger partial charge is 0.486 e. The van der Waals surface area contributed by atoms with Crippen molar-refractivity contribution in [2.24, 2.45) is 0 Å². The number of para-hydroxylation sites is 1. The summed E-state index contributed by atoms with van der Waals surface area (Å²) in [5.74, 6) is 0.852. The zero-order valence-electron chi connectivity index (χ0n) is 16.6. The average Bonchev–Trinajstić information content (AvgIpc) is 2.80. The van der Waals surface area contributed by atoms with Gasteiger partial charge in [-0.3, -0.25) is 4.79 Å². The SMILES string of the molecule is CC(Oc1ccccc1)c1cc(C(=O)N2CCOCC2)ccc1-c1ccccc1. The minimum Gasteiger partial charge on any atom is -0.486 e. The molecule has 0 saturated carbocycles. The Labute approximate surface area is 171 Å². The highest BCUT2D eigenvalue weighted by atomic mass is 16.5. The molecule has 1 unspecified atom stereocenters. The third kappa shape index (κ3) is 4.49. The quantitative estimate of drug-likeness (QED) is 0.621.